The maximum Gasteiger partial charge on any atom is 0.325 e. The van der Waals surface area contributed by atoms with E-state index in [2.05, 4.69) is 20.5 Å². The Labute approximate surface area is 129 Å². The first-order chi connectivity index (χ1) is 11.1. The fraction of sp³-hybridized carbons (Fsp3) is 0.308. The molecule has 1 aliphatic rings. The van der Waals surface area contributed by atoms with Crippen LogP contribution in [-0.2, 0) is 4.74 Å². The van der Waals surface area contributed by atoms with E-state index in [0.717, 1.165) is 6.20 Å². The van der Waals surface area contributed by atoms with E-state index >= 15 is 0 Å². The highest BCUT2D eigenvalue weighted by Crippen LogP contribution is 2.11. The molecular weight excluding hydrogens is 304 g/mol. The molecule has 1 saturated heterocycles. The van der Waals surface area contributed by atoms with Crippen molar-refractivity contribution in [2.75, 3.05) is 36.5 Å². The van der Waals surface area contributed by atoms with Crippen LogP contribution in [0.2, 0.25) is 0 Å². The van der Waals surface area contributed by atoms with Gasteiger partial charge in [0.2, 0.25) is 0 Å². The summed E-state index contributed by atoms with van der Waals surface area (Å²) >= 11 is 0. The lowest BCUT2D eigenvalue weighted by atomic mass is 10.3. The maximum atomic E-state index is 12.0. The summed E-state index contributed by atoms with van der Waals surface area (Å²) in [7, 11) is 0. The van der Waals surface area contributed by atoms with Crippen molar-refractivity contribution in [3.05, 3.63) is 44.9 Å². The van der Waals surface area contributed by atoms with E-state index in [4.69, 9.17) is 4.74 Å². The van der Waals surface area contributed by atoms with Gasteiger partial charge in [0.1, 0.15) is 5.69 Å². The molecule has 23 heavy (non-hydrogen) atoms. The molecule has 0 radical (unpaired) electrons. The molecule has 0 unspecified atom stereocenters. The quantitative estimate of drug-likeness (QED) is 0.657. The molecule has 1 aliphatic heterocycles. The molecule has 10 heteroatoms. The highest BCUT2D eigenvalue weighted by atomic mass is 16.5. The van der Waals surface area contributed by atoms with Crippen LogP contribution in [0.3, 0.4) is 0 Å². The lowest BCUT2D eigenvalue weighted by Gasteiger charge is -2.27. The number of hydrogen-bond acceptors (Lipinski definition) is 7. The van der Waals surface area contributed by atoms with Gasteiger partial charge in [-0.2, -0.15) is 0 Å². The Hall–Kier alpha value is -3.01. The van der Waals surface area contributed by atoms with Crippen LogP contribution in [0.5, 0.6) is 0 Å². The molecule has 1 fully saturated rings. The monoisotopic (exact) mass is 318 g/mol. The predicted octanol–water partition coefficient (Wildman–Crippen LogP) is -1.06. The standard InChI is InChI=1S/C13H14N6O4/c20-11(15-9-7-14-13(22)16-12(9)21)8-1-2-10(18-17-8)19-3-5-23-6-4-19/h1-2,7H,3-6H2,(H,15,20)(H2,14,16,21,22). The first-order valence-electron chi connectivity index (χ1n) is 6.93. The van der Waals surface area contributed by atoms with Gasteiger partial charge in [0.15, 0.2) is 11.5 Å². The highest BCUT2D eigenvalue weighted by Gasteiger charge is 2.15. The minimum Gasteiger partial charge on any atom is -0.378 e. The molecule has 0 bridgehead atoms. The van der Waals surface area contributed by atoms with Crippen LogP contribution < -0.4 is 21.5 Å². The number of morpholine rings is 1. The van der Waals surface area contributed by atoms with Gasteiger partial charge in [0, 0.05) is 19.3 Å². The van der Waals surface area contributed by atoms with Crippen molar-refractivity contribution in [2.24, 2.45) is 0 Å². The Kier molecular flexibility index (Phi) is 4.15. The molecular formula is C13H14N6O4. The van der Waals surface area contributed by atoms with Gasteiger partial charge >= 0.3 is 5.69 Å². The number of ether oxygens (including phenoxy) is 1. The lowest BCUT2D eigenvalue weighted by molar-refractivity contribution is 0.102. The number of aromatic amines is 2. The van der Waals surface area contributed by atoms with E-state index < -0.39 is 17.2 Å². The summed E-state index contributed by atoms with van der Waals surface area (Å²) in [5.74, 6) is 0.0651. The highest BCUT2D eigenvalue weighted by molar-refractivity contribution is 6.02. The van der Waals surface area contributed by atoms with E-state index in [0.29, 0.717) is 32.1 Å². The molecule has 1 amide bonds. The number of hydrogen-bond donors (Lipinski definition) is 3. The van der Waals surface area contributed by atoms with Crippen LogP contribution in [0.1, 0.15) is 10.5 Å². The zero-order chi connectivity index (χ0) is 16.2. The molecule has 120 valence electrons. The number of aromatic nitrogens is 4. The van der Waals surface area contributed by atoms with E-state index in [1.165, 1.54) is 6.07 Å². The number of amides is 1. The minimum atomic E-state index is -0.694. The van der Waals surface area contributed by atoms with Crippen LogP contribution in [0.15, 0.2) is 27.9 Å². The Balaban J connectivity index is 1.72. The molecule has 10 nitrogen and oxygen atoms in total. The van der Waals surface area contributed by atoms with E-state index in [1.54, 1.807) is 6.07 Å². The third kappa shape index (κ3) is 3.43. The molecule has 0 spiro atoms. The summed E-state index contributed by atoms with van der Waals surface area (Å²) < 4.78 is 5.26. The Morgan fingerprint density at radius 1 is 1.22 bits per heavy atom. The van der Waals surface area contributed by atoms with Gasteiger partial charge in [-0.05, 0) is 12.1 Å². The Morgan fingerprint density at radius 2 is 2.00 bits per heavy atom. The van der Waals surface area contributed by atoms with Crippen molar-refractivity contribution in [1.82, 2.24) is 20.2 Å². The largest absolute Gasteiger partial charge is 0.378 e. The number of anilines is 2. The first-order valence-corrected chi connectivity index (χ1v) is 6.93. The van der Waals surface area contributed by atoms with E-state index in [1.807, 2.05) is 9.88 Å². The third-order valence-corrected chi connectivity index (χ3v) is 3.29. The van der Waals surface area contributed by atoms with Gasteiger partial charge in [-0.3, -0.25) is 14.6 Å². The van der Waals surface area contributed by atoms with Gasteiger partial charge < -0.3 is 19.9 Å². The van der Waals surface area contributed by atoms with Crippen LogP contribution >= 0.6 is 0 Å². The molecule has 2 aromatic rings. The second-order valence-electron chi connectivity index (χ2n) is 4.82. The van der Waals surface area contributed by atoms with E-state index in [-0.39, 0.29) is 11.4 Å². The van der Waals surface area contributed by atoms with Crippen molar-refractivity contribution >= 4 is 17.4 Å². The second kappa shape index (κ2) is 6.40. The number of rotatable bonds is 3. The molecule has 3 N–H and O–H groups in total. The number of carbonyl (C=O) groups excluding carboxylic acids is 1. The average Bonchev–Trinajstić information content (AvgIpc) is 2.58. The summed E-state index contributed by atoms with van der Waals surface area (Å²) in [6.45, 7) is 2.68. The Morgan fingerprint density at radius 3 is 2.65 bits per heavy atom. The van der Waals surface area contributed by atoms with Crippen LogP contribution in [0, 0.1) is 0 Å². The topological polar surface area (TPSA) is 133 Å². The fourth-order valence-electron chi connectivity index (χ4n) is 2.10. The number of H-pyrrole nitrogens is 2. The first kappa shape index (κ1) is 14.9. The van der Waals surface area contributed by atoms with Gasteiger partial charge in [-0.25, -0.2) is 4.79 Å². The zero-order valence-corrected chi connectivity index (χ0v) is 12.0. The average molecular weight is 318 g/mol. The Bertz CT molecular complexity index is 806. The van der Waals surface area contributed by atoms with Gasteiger partial charge in [0.25, 0.3) is 11.5 Å². The zero-order valence-electron chi connectivity index (χ0n) is 12.0. The smallest absolute Gasteiger partial charge is 0.325 e. The molecule has 0 saturated carbocycles. The van der Waals surface area contributed by atoms with Crippen LogP contribution in [0.25, 0.3) is 0 Å². The van der Waals surface area contributed by atoms with E-state index in [9.17, 15) is 14.4 Å². The molecule has 0 aliphatic carbocycles. The summed E-state index contributed by atoms with van der Waals surface area (Å²) in [5, 5.41) is 10.2. The lowest BCUT2D eigenvalue weighted by Crippen LogP contribution is -2.37. The molecule has 0 atom stereocenters. The molecule has 3 rings (SSSR count). The third-order valence-electron chi connectivity index (χ3n) is 3.29. The molecule has 3 heterocycles. The van der Waals surface area contributed by atoms with Gasteiger partial charge in [-0.1, -0.05) is 0 Å². The number of nitrogens with zero attached hydrogens (tertiary/aromatic N) is 3. The van der Waals surface area contributed by atoms with Crippen molar-refractivity contribution in [3.63, 3.8) is 0 Å². The summed E-state index contributed by atoms with van der Waals surface area (Å²) in [5.41, 5.74) is -1.36. The minimum absolute atomic E-state index is 0.0626. The van der Waals surface area contributed by atoms with Gasteiger partial charge in [-0.15, -0.1) is 10.2 Å². The van der Waals surface area contributed by atoms with Crippen LogP contribution in [0.4, 0.5) is 11.5 Å². The molecule has 2 aromatic heterocycles. The number of carbonyl (C=O) groups is 1. The molecule has 0 aromatic carbocycles. The van der Waals surface area contributed by atoms with Crippen molar-refractivity contribution in [2.45, 2.75) is 0 Å². The van der Waals surface area contributed by atoms with Crippen molar-refractivity contribution in [3.8, 4) is 0 Å². The normalized spacial score (nSPS) is 14.5. The van der Waals surface area contributed by atoms with Crippen molar-refractivity contribution < 1.29 is 9.53 Å². The second-order valence-corrected chi connectivity index (χ2v) is 4.82. The summed E-state index contributed by atoms with van der Waals surface area (Å²) in [4.78, 5) is 40.8. The maximum absolute atomic E-state index is 12.0. The van der Waals surface area contributed by atoms with Crippen molar-refractivity contribution in [1.29, 1.82) is 0 Å². The summed E-state index contributed by atoms with van der Waals surface area (Å²) in [6.07, 6.45) is 1.12. The predicted molar refractivity (Wildman–Crippen MR) is 80.7 cm³/mol. The number of nitrogens with one attached hydrogen (secondary N) is 3. The SMILES string of the molecule is O=C(Nc1c[nH]c(=O)[nH]c1=O)c1ccc(N2CCOCC2)nn1. The van der Waals surface area contributed by atoms with Crippen LogP contribution in [-0.4, -0.2) is 52.4 Å². The summed E-state index contributed by atoms with van der Waals surface area (Å²) in [6, 6.07) is 3.21. The fourth-order valence-corrected chi connectivity index (χ4v) is 2.10. The van der Waals surface area contributed by atoms with Gasteiger partial charge in [0.05, 0.1) is 13.2 Å².